The van der Waals surface area contributed by atoms with Gasteiger partial charge in [-0.2, -0.15) is 0 Å². The van der Waals surface area contributed by atoms with Crippen LogP contribution >= 0.6 is 0 Å². The molecule has 1 aromatic carbocycles. The molecule has 0 saturated heterocycles. The summed E-state index contributed by atoms with van der Waals surface area (Å²) in [4.78, 5) is 10.2. The third-order valence-corrected chi connectivity index (χ3v) is 2.35. The van der Waals surface area contributed by atoms with E-state index in [0.717, 1.165) is 17.7 Å². The maximum Gasteiger partial charge on any atom is 0.269 e. The first-order chi connectivity index (χ1) is 7.72. The lowest BCUT2D eigenvalue weighted by molar-refractivity contribution is -0.384. The van der Waals surface area contributed by atoms with Gasteiger partial charge in [0.1, 0.15) is 12.7 Å². The zero-order valence-corrected chi connectivity index (χ0v) is 8.70. The van der Waals surface area contributed by atoms with Crippen LogP contribution in [0.2, 0.25) is 0 Å². The minimum atomic E-state index is -0.394. The number of nitrogens with zero attached hydrogens (tertiary/aromatic N) is 4. The molecular formula is C10H10N4O2. The van der Waals surface area contributed by atoms with Crippen LogP contribution < -0.4 is 0 Å². The van der Waals surface area contributed by atoms with Gasteiger partial charge in [0.15, 0.2) is 0 Å². The highest BCUT2D eigenvalue weighted by Gasteiger charge is 2.10. The molecule has 6 nitrogen and oxygen atoms in total. The first-order valence-electron chi connectivity index (χ1n) is 4.84. The molecule has 0 unspecified atom stereocenters. The zero-order chi connectivity index (χ0) is 11.5. The lowest BCUT2D eigenvalue weighted by Gasteiger charge is -2.07. The average Bonchev–Trinajstić information content (AvgIpc) is 2.81. The number of hydrogen-bond acceptors (Lipinski definition) is 4. The fourth-order valence-electron chi connectivity index (χ4n) is 1.55. The van der Waals surface area contributed by atoms with Crippen LogP contribution in [0.15, 0.2) is 30.9 Å². The molecule has 0 radical (unpaired) electrons. The van der Waals surface area contributed by atoms with E-state index in [2.05, 4.69) is 10.2 Å². The van der Waals surface area contributed by atoms with Crippen molar-refractivity contribution >= 4 is 5.69 Å². The fourth-order valence-corrected chi connectivity index (χ4v) is 1.55. The number of nitro groups is 1. The molecule has 0 spiro atoms. The molecule has 0 bridgehead atoms. The van der Waals surface area contributed by atoms with Crippen LogP contribution in [-0.4, -0.2) is 19.7 Å². The first-order valence-corrected chi connectivity index (χ1v) is 4.84. The number of hydrogen-bond donors (Lipinski definition) is 0. The third-order valence-electron chi connectivity index (χ3n) is 2.35. The molecule has 2 rings (SSSR count). The largest absolute Gasteiger partial charge is 0.288 e. The van der Waals surface area contributed by atoms with Crippen molar-refractivity contribution in [3.63, 3.8) is 0 Å². The SMILES string of the molecule is CCc1cc([N+](=O)[O-])ccc1-n1cnnc1. The van der Waals surface area contributed by atoms with E-state index in [1.54, 1.807) is 29.4 Å². The quantitative estimate of drug-likeness (QED) is 0.581. The van der Waals surface area contributed by atoms with Gasteiger partial charge < -0.3 is 0 Å². The number of non-ortho nitro benzene ring substituents is 1. The molecule has 0 aliphatic rings. The minimum absolute atomic E-state index is 0.105. The summed E-state index contributed by atoms with van der Waals surface area (Å²) in [5.41, 5.74) is 1.88. The van der Waals surface area contributed by atoms with Gasteiger partial charge in [-0.15, -0.1) is 10.2 Å². The summed E-state index contributed by atoms with van der Waals surface area (Å²) >= 11 is 0. The van der Waals surface area contributed by atoms with E-state index >= 15 is 0 Å². The average molecular weight is 218 g/mol. The van der Waals surface area contributed by atoms with E-state index in [0.29, 0.717) is 0 Å². The minimum Gasteiger partial charge on any atom is -0.288 e. The molecule has 1 heterocycles. The molecule has 0 fully saturated rings. The van der Waals surface area contributed by atoms with E-state index < -0.39 is 4.92 Å². The lowest BCUT2D eigenvalue weighted by atomic mass is 10.1. The first kappa shape index (κ1) is 10.3. The van der Waals surface area contributed by atoms with Crippen molar-refractivity contribution in [2.45, 2.75) is 13.3 Å². The van der Waals surface area contributed by atoms with Gasteiger partial charge in [0, 0.05) is 12.1 Å². The standard InChI is InChI=1S/C10H10N4O2/c1-2-8-5-9(14(15)16)3-4-10(8)13-6-11-12-7-13/h3-7H,2H2,1H3. The molecule has 0 atom stereocenters. The molecular weight excluding hydrogens is 208 g/mol. The van der Waals surface area contributed by atoms with Gasteiger partial charge >= 0.3 is 0 Å². The Morgan fingerprint density at radius 2 is 2.06 bits per heavy atom. The Morgan fingerprint density at radius 3 is 2.62 bits per heavy atom. The summed E-state index contributed by atoms with van der Waals surface area (Å²) in [6.07, 6.45) is 3.86. The Morgan fingerprint density at radius 1 is 1.38 bits per heavy atom. The zero-order valence-electron chi connectivity index (χ0n) is 8.70. The predicted molar refractivity (Wildman–Crippen MR) is 57.4 cm³/mol. The van der Waals surface area contributed by atoms with Gasteiger partial charge in [0.2, 0.25) is 0 Å². The molecule has 0 aliphatic heterocycles. The van der Waals surface area contributed by atoms with Gasteiger partial charge in [-0.05, 0) is 18.1 Å². The molecule has 1 aromatic heterocycles. The molecule has 0 aliphatic carbocycles. The van der Waals surface area contributed by atoms with E-state index in [4.69, 9.17) is 0 Å². The van der Waals surface area contributed by atoms with Crippen molar-refractivity contribution in [3.05, 3.63) is 46.5 Å². The van der Waals surface area contributed by atoms with Crippen molar-refractivity contribution in [1.29, 1.82) is 0 Å². The van der Waals surface area contributed by atoms with Gasteiger partial charge in [-0.25, -0.2) is 0 Å². The summed E-state index contributed by atoms with van der Waals surface area (Å²) < 4.78 is 1.74. The number of nitro benzene ring substituents is 1. The molecule has 0 saturated carbocycles. The van der Waals surface area contributed by atoms with Crippen molar-refractivity contribution in [2.24, 2.45) is 0 Å². The highest BCUT2D eigenvalue weighted by molar-refractivity contribution is 5.48. The van der Waals surface area contributed by atoms with Crippen molar-refractivity contribution in [2.75, 3.05) is 0 Å². The van der Waals surface area contributed by atoms with Crippen LogP contribution in [0.3, 0.4) is 0 Å². The van der Waals surface area contributed by atoms with Crippen LogP contribution in [0.5, 0.6) is 0 Å². The molecule has 16 heavy (non-hydrogen) atoms. The summed E-state index contributed by atoms with van der Waals surface area (Å²) in [5, 5.41) is 18.1. The van der Waals surface area contributed by atoms with Crippen molar-refractivity contribution in [3.8, 4) is 5.69 Å². The van der Waals surface area contributed by atoms with Crippen LogP contribution in [0.4, 0.5) is 5.69 Å². The Balaban J connectivity index is 2.51. The van der Waals surface area contributed by atoms with E-state index in [9.17, 15) is 10.1 Å². The van der Waals surface area contributed by atoms with Crippen LogP contribution in [-0.2, 0) is 6.42 Å². The molecule has 2 aromatic rings. The topological polar surface area (TPSA) is 73.8 Å². The maximum absolute atomic E-state index is 10.6. The van der Waals surface area contributed by atoms with Crippen LogP contribution in [0.1, 0.15) is 12.5 Å². The normalized spacial score (nSPS) is 10.3. The number of benzene rings is 1. The van der Waals surface area contributed by atoms with Gasteiger partial charge in [0.25, 0.3) is 5.69 Å². The Hall–Kier alpha value is -2.24. The molecule has 82 valence electrons. The smallest absolute Gasteiger partial charge is 0.269 e. The third kappa shape index (κ3) is 1.77. The van der Waals surface area contributed by atoms with Crippen LogP contribution in [0.25, 0.3) is 5.69 Å². The second kappa shape index (κ2) is 4.09. The van der Waals surface area contributed by atoms with Gasteiger partial charge in [-0.1, -0.05) is 6.92 Å². The molecule has 0 amide bonds. The second-order valence-corrected chi connectivity index (χ2v) is 3.29. The van der Waals surface area contributed by atoms with Crippen molar-refractivity contribution < 1.29 is 4.92 Å². The van der Waals surface area contributed by atoms with Crippen LogP contribution in [0, 0.1) is 10.1 Å². The summed E-state index contributed by atoms with van der Waals surface area (Å²) in [6.45, 7) is 1.95. The Kier molecular flexibility index (Phi) is 2.63. The van der Waals surface area contributed by atoms with E-state index in [1.807, 2.05) is 6.92 Å². The monoisotopic (exact) mass is 218 g/mol. The Labute approximate surface area is 91.7 Å². The highest BCUT2D eigenvalue weighted by atomic mass is 16.6. The van der Waals surface area contributed by atoms with Crippen molar-refractivity contribution in [1.82, 2.24) is 14.8 Å². The summed E-state index contributed by atoms with van der Waals surface area (Å²) in [6, 6.07) is 4.77. The molecule has 0 N–H and O–H groups in total. The maximum atomic E-state index is 10.6. The van der Waals surface area contributed by atoms with E-state index in [1.165, 1.54) is 6.07 Å². The van der Waals surface area contributed by atoms with E-state index in [-0.39, 0.29) is 5.69 Å². The fraction of sp³-hybridized carbons (Fsp3) is 0.200. The number of aromatic nitrogens is 3. The number of aryl methyl sites for hydroxylation is 1. The van der Waals surface area contributed by atoms with Gasteiger partial charge in [0.05, 0.1) is 10.6 Å². The number of rotatable bonds is 3. The summed E-state index contributed by atoms with van der Waals surface area (Å²) in [5.74, 6) is 0. The van der Waals surface area contributed by atoms with Gasteiger partial charge in [-0.3, -0.25) is 14.7 Å². The molecule has 6 heteroatoms. The second-order valence-electron chi connectivity index (χ2n) is 3.29. The highest BCUT2D eigenvalue weighted by Crippen LogP contribution is 2.21. The Bertz CT molecular complexity index is 508. The lowest BCUT2D eigenvalue weighted by Crippen LogP contribution is -1.98. The predicted octanol–water partition coefficient (Wildman–Crippen LogP) is 1.74. The summed E-state index contributed by atoms with van der Waals surface area (Å²) in [7, 11) is 0.